The number of rotatable bonds is 3. The number of carbonyl (C=O) groups excluding carboxylic acids is 1. The number of fused-ring (bicyclic) bond motifs is 1. The zero-order chi connectivity index (χ0) is 15.0. The number of ketones is 1. The Labute approximate surface area is 128 Å². The average molecular weight is 285 g/mol. The van der Waals surface area contributed by atoms with Crippen molar-refractivity contribution < 1.29 is 4.79 Å². The quantitative estimate of drug-likeness (QED) is 0.781. The summed E-state index contributed by atoms with van der Waals surface area (Å²) in [4.78, 5) is 15.3. The molecule has 0 aromatic heterocycles. The molecule has 1 aromatic carbocycles. The van der Waals surface area contributed by atoms with E-state index in [-0.39, 0.29) is 0 Å². The maximum atomic E-state index is 12.8. The van der Waals surface area contributed by atoms with Crippen LogP contribution in [-0.2, 0) is 0 Å². The molecule has 114 valence electrons. The molecule has 0 radical (unpaired) electrons. The van der Waals surface area contributed by atoms with Gasteiger partial charge in [-0.2, -0.15) is 0 Å². The number of hydrogen-bond donors (Lipinski definition) is 0. The molecule has 2 heteroatoms. The minimum atomic E-state index is 0.317. The largest absolute Gasteiger partial charge is 0.293 e. The molecule has 1 heterocycles. The normalized spacial score (nSPS) is 25.9. The summed E-state index contributed by atoms with van der Waals surface area (Å²) in [7, 11) is 0. The Morgan fingerprint density at radius 3 is 2.48 bits per heavy atom. The van der Waals surface area contributed by atoms with Crippen molar-refractivity contribution in [3.8, 4) is 0 Å². The summed E-state index contributed by atoms with van der Waals surface area (Å²) >= 11 is 0. The van der Waals surface area contributed by atoms with Gasteiger partial charge in [-0.05, 0) is 70.0 Å². The van der Waals surface area contributed by atoms with E-state index in [1.807, 2.05) is 0 Å². The third-order valence-electron chi connectivity index (χ3n) is 5.41. The lowest BCUT2D eigenvalue weighted by Gasteiger charge is -2.37. The van der Waals surface area contributed by atoms with Gasteiger partial charge in [-0.1, -0.05) is 24.1 Å². The van der Waals surface area contributed by atoms with Crippen LogP contribution in [0.4, 0.5) is 0 Å². The molecule has 2 nitrogen and oxygen atoms in total. The predicted molar refractivity (Wildman–Crippen MR) is 86.9 cm³/mol. The SMILES string of the molecule is Cc1cc(C)c(C(=O)CN2CCCC3CCCC32)c(C)c1. The van der Waals surface area contributed by atoms with Crippen molar-refractivity contribution in [2.45, 2.75) is 58.9 Å². The molecule has 1 saturated heterocycles. The molecule has 3 rings (SSSR count). The summed E-state index contributed by atoms with van der Waals surface area (Å²) in [5.74, 6) is 1.17. The van der Waals surface area contributed by atoms with Gasteiger partial charge in [0.15, 0.2) is 5.78 Å². The third-order valence-corrected chi connectivity index (χ3v) is 5.41. The van der Waals surface area contributed by atoms with Crippen LogP contribution in [0.1, 0.15) is 59.2 Å². The third kappa shape index (κ3) is 2.91. The molecule has 1 aliphatic heterocycles. The highest BCUT2D eigenvalue weighted by atomic mass is 16.1. The first kappa shape index (κ1) is 14.8. The summed E-state index contributed by atoms with van der Waals surface area (Å²) in [6, 6.07) is 4.94. The van der Waals surface area contributed by atoms with Crippen molar-refractivity contribution in [1.29, 1.82) is 0 Å². The molecular formula is C19H27NO. The number of benzene rings is 1. The van der Waals surface area contributed by atoms with Crippen LogP contribution in [0.5, 0.6) is 0 Å². The number of hydrogen-bond acceptors (Lipinski definition) is 2. The number of likely N-dealkylation sites (tertiary alicyclic amines) is 1. The van der Waals surface area contributed by atoms with Crippen LogP contribution in [0.25, 0.3) is 0 Å². The fraction of sp³-hybridized carbons (Fsp3) is 0.632. The molecule has 0 bridgehead atoms. The van der Waals surface area contributed by atoms with Crippen LogP contribution >= 0.6 is 0 Å². The highest BCUT2D eigenvalue weighted by Gasteiger charge is 2.35. The van der Waals surface area contributed by atoms with Crippen molar-refractivity contribution in [3.05, 3.63) is 34.4 Å². The van der Waals surface area contributed by atoms with E-state index in [9.17, 15) is 4.79 Å². The summed E-state index contributed by atoms with van der Waals surface area (Å²) in [5, 5.41) is 0. The van der Waals surface area contributed by atoms with E-state index in [0.29, 0.717) is 18.4 Å². The van der Waals surface area contributed by atoms with Crippen LogP contribution in [0, 0.1) is 26.7 Å². The Morgan fingerprint density at radius 2 is 1.76 bits per heavy atom. The molecule has 0 amide bonds. The van der Waals surface area contributed by atoms with Gasteiger partial charge in [0.2, 0.25) is 0 Å². The second kappa shape index (κ2) is 5.92. The van der Waals surface area contributed by atoms with Crippen LogP contribution in [-0.4, -0.2) is 29.8 Å². The Morgan fingerprint density at radius 1 is 1.10 bits per heavy atom. The van der Waals surface area contributed by atoms with E-state index in [2.05, 4.69) is 37.8 Å². The summed E-state index contributed by atoms with van der Waals surface area (Å²) in [5.41, 5.74) is 4.48. The highest BCUT2D eigenvalue weighted by molar-refractivity contribution is 6.00. The zero-order valence-corrected chi connectivity index (χ0v) is 13.6. The molecule has 0 N–H and O–H groups in total. The van der Waals surface area contributed by atoms with Crippen molar-refractivity contribution in [2.24, 2.45) is 5.92 Å². The molecule has 21 heavy (non-hydrogen) atoms. The topological polar surface area (TPSA) is 20.3 Å². The Balaban J connectivity index is 1.77. The Bertz CT molecular complexity index is 525. The number of piperidine rings is 1. The second-order valence-corrected chi connectivity index (χ2v) is 7.07. The Kier molecular flexibility index (Phi) is 4.17. The first-order valence-corrected chi connectivity index (χ1v) is 8.41. The first-order valence-electron chi connectivity index (χ1n) is 8.41. The minimum Gasteiger partial charge on any atom is -0.293 e. The summed E-state index contributed by atoms with van der Waals surface area (Å²) < 4.78 is 0. The van der Waals surface area contributed by atoms with E-state index in [0.717, 1.165) is 29.2 Å². The predicted octanol–water partition coefficient (Wildman–Crippen LogP) is 4.06. The van der Waals surface area contributed by atoms with E-state index in [1.165, 1.54) is 37.7 Å². The Hall–Kier alpha value is -1.15. The highest BCUT2D eigenvalue weighted by Crippen LogP contribution is 2.36. The van der Waals surface area contributed by atoms with Crippen molar-refractivity contribution in [2.75, 3.05) is 13.1 Å². The van der Waals surface area contributed by atoms with Gasteiger partial charge in [-0.25, -0.2) is 0 Å². The van der Waals surface area contributed by atoms with Gasteiger partial charge in [0.25, 0.3) is 0 Å². The number of carbonyl (C=O) groups is 1. The molecule has 1 saturated carbocycles. The summed E-state index contributed by atoms with van der Waals surface area (Å²) in [6.45, 7) is 7.97. The van der Waals surface area contributed by atoms with Gasteiger partial charge >= 0.3 is 0 Å². The number of nitrogens with zero attached hydrogens (tertiary/aromatic N) is 1. The molecule has 2 aliphatic rings. The zero-order valence-electron chi connectivity index (χ0n) is 13.6. The average Bonchev–Trinajstić information content (AvgIpc) is 2.86. The van der Waals surface area contributed by atoms with Gasteiger partial charge in [0.1, 0.15) is 0 Å². The fourth-order valence-electron chi connectivity index (χ4n) is 4.64. The van der Waals surface area contributed by atoms with E-state index in [4.69, 9.17) is 0 Å². The van der Waals surface area contributed by atoms with Crippen LogP contribution < -0.4 is 0 Å². The van der Waals surface area contributed by atoms with Gasteiger partial charge in [-0.15, -0.1) is 0 Å². The fourth-order valence-corrected chi connectivity index (χ4v) is 4.64. The van der Waals surface area contributed by atoms with Gasteiger partial charge in [0, 0.05) is 11.6 Å². The molecule has 1 aromatic rings. The van der Waals surface area contributed by atoms with Crippen molar-refractivity contribution >= 4 is 5.78 Å². The smallest absolute Gasteiger partial charge is 0.177 e. The van der Waals surface area contributed by atoms with E-state index >= 15 is 0 Å². The van der Waals surface area contributed by atoms with Gasteiger partial charge in [-0.3, -0.25) is 9.69 Å². The molecule has 2 atom stereocenters. The van der Waals surface area contributed by atoms with Gasteiger partial charge in [0.05, 0.1) is 6.54 Å². The monoisotopic (exact) mass is 285 g/mol. The van der Waals surface area contributed by atoms with E-state index < -0.39 is 0 Å². The summed E-state index contributed by atoms with van der Waals surface area (Å²) in [6.07, 6.45) is 6.66. The second-order valence-electron chi connectivity index (χ2n) is 7.07. The standard InChI is InChI=1S/C19H27NO/c1-13-10-14(2)19(15(3)11-13)18(21)12-20-9-5-7-16-6-4-8-17(16)20/h10-11,16-17H,4-9,12H2,1-3H3. The maximum absolute atomic E-state index is 12.8. The van der Waals surface area contributed by atoms with Crippen molar-refractivity contribution in [3.63, 3.8) is 0 Å². The van der Waals surface area contributed by atoms with Crippen LogP contribution in [0.3, 0.4) is 0 Å². The lowest BCUT2D eigenvalue weighted by atomic mass is 9.90. The lowest BCUT2D eigenvalue weighted by Crippen LogP contribution is -2.45. The lowest BCUT2D eigenvalue weighted by molar-refractivity contribution is 0.0776. The number of Topliss-reactive ketones (excluding diaryl/α,β-unsaturated/α-hetero) is 1. The van der Waals surface area contributed by atoms with Crippen LogP contribution in [0.15, 0.2) is 12.1 Å². The molecular weight excluding hydrogens is 258 g/mol. The molecule has 2 fully saturated rings. The molecule has 1 aliphatic carbocycles. The van der Waals surface area contributed by atoms with Crippen molar-refractivity contribution in [1.82, 2.24) is 4.90 Å². The maximum Gasteiger partial charge on any atom is 0.177 e. The van der Waals surface area contributed by atoms with Crippen LogP contribution in [0.2, 0.25) is 0 Å². The first-order chi connectivity index (χ1) is 10.1. The van der Waals surface area contributed by atoms with E-state index in [1.54, 1.807) is 0 Å². The van der Waals surface area contributed by atoms with Gasteiger partial charge < -0.3 is 0 Å². The number of aryl methyl sites for hydroxylation is 3. The minimum absolute atomic E-state index is 0.317. The molecule has 0 spiro atoms. The molecule has 2 unspecified atom stereocenters.